The highest BCUT2D eigenvalue weighted by Crippen LogP contribution is 2.47. The van der Waals surface area contributed by atoms with Gasteiger partial charge in [-0.3, -0.25) is 4.79 Å². The maximum atomic E-state index is 13.3. The van der Waals surface area contributed by atoms with Gasteiger partial charge in [0.15, 0.2) is 0 Å². The third kappa shape index (κ3) is 5.42. The number of nitrogens with zero attached hydrogens (tertiary/aromatic N) is 1. The number of aryl methyl sites for hydroxylation is 1. The second-order valence-electron chi connectivity index (χ2n) is 13.0. The molecule has 0 aromatic heterocycles. The lowest BCUT2D eigenvalue weighted by atomic mass is 9.67. The first kappa shape index (κ1) is 28.4. The molecule has 0 radical (unpaired) electrons. The lowest BCUT2D eigenvalue weighted by Gasteiger charge is -2.48. The Labute approximate surface area is 253 Å². The molecular weight excluding hydrogens is 576 g/mol. The van der Waals surface area contributed by atoms with Gasteiger partial charge < -0.3 is 19.1 Å². The largest absolute Gasteiger partial charge is 0.490 e. The Morgan fingerprint density at radius 2 is 2.00 bits per heavy atom. The molecule has 42 heavy (non-hydrogen) atoms. The number of rotatable bonds is 0. The average Bonchev–Trinajstić information content (AvgIpc) is 3.07. The topological polar surface area (TPSA) is 94.2 Å². The summed E-state index contributed by atoms with van der Waals surface area (Å²) < 4.78 is 47.3. The number of benzene rings is 2. The van der Waals surface area contributed by atoms with E-state index in [2.05, 4.69) is 21.8 Å². The van der Waals surface area contributed by atoms with Crippen LogP contribution in [0.4, 0.5) is 5.69 Å². The molecule has 3 heterocycles. The van der Waals surface area contributed by atoms with Crippen molar-refractivity contribution < 1.29 is 27.4 Å². The van der Waals surface area contributed by atoms with E-state index in [1.807, 2.05) is 12.1 Å². The van der Waals surface area contributed by atoms with Crippen molar-refractivity contribution in [1.82, 2.24) is 4.72 Å². The standard InChI is InChI=1S/C32H39ClN2O6S/c1-20-17-42(37,38)34-31(36)22-5-9-29-28(14-22)35(16-23-4-7-26(23)30-15-25(41-20)10-12-39-30)18-32(19-40-29)11-2-3-21-13-24(33)6-8-27(21)32/h5-6,8-9,13-14,20,23,25-26,30H,2-4,7,10-12,15-19H2,1H3,(H,34,36)/t20-,23+,25-,26?,30?,32+/m1/s1. The molecule has 8 nitrogen and oxygen atoms in total. The normalized spacial score (nSPS) is 34.2. The van der Waals surface area contributed by atoms with Crippen LogP contribution in [0.3, 0.4) is 0 Å². The van der Waals surface area contributed by atoms with E-state index in [4.69, 9.17) is 25.8 Å². The minimum Gasteiger partial charge on any atom is -0.490 e. The molecule has 6 atom stereocenters. The summed E-state index contributed by atoms with van der Waals surface area (Å²) in [6.45, 7) is 4.46. The van der Waals surface area contributed by atoms with Gasteiger partial charge in [0, 0.05) is 42.1 Å². The predicted octanol–water partition coefficient (Wildman–Crippen LogP) is 4.87. The molecule has 226 valence electrons. The zero-order valence-electron chi connectivity index (χ0n) is 24.0. The highest BCUT2D eigenvalue weighted by atomic mass is 35.5. The van der Waals surface area contributed by atoms with Crippen LogP contribution in [-0.4, -0.2) is 64.7 Å². The zero-order valence-corrected chi connectivity index (χ0v) is 25.6. The monoisotopic (exact) mass is 614 g/mol. The van der Waals surface area contributed by atoms with E-state index in [1.165, 1.54) is 11.1 Å². The average molecular weight is 615 g/mol. The number of sulfonamides is 1. The Balaban J connectivity index is 1.29. The summed E-state index contributed by atoms with van der Waals surface area (Å²) in [5, 5.41) is 0.751. The van der Waals surface area contributed by atoms with Gasteiger partial charge in [-0.05, 0) is 98.7 Å². The Bertz CT molecular complexity index is 1480. The number of amides is 1. The first-order valence-electron chi connectivity index (χ1n) is 15.3. The van der Waals surface area contributed by atoms with Crippen molar-refractivity contribution in [2.24, 2.45) is 11.8 Å². The Morgan fingerprint density at radius 3 is 2.83 bits per heavy atom. The fourth-order valence-electron chi connectivity index (χ4n) is 7.99. The number of ether oxygens (including phenoxy) is 3. The smallest absolute Gasteiger partial charge is 0.264 e. The summed E-state index contributed by atoms with van der Waals surface area (Å²) in [5.74, 6) is 0.657. The highest BCUT2D eigenvalue weighted by molar-refractivity contribution is 7.90. The second-order valence-corrected chi connectivity index (χ2v) is 15.2. The minimum absolute atomic E-state index is 0.0569. The third-order valence-electron chi connectivity index (χ3n) is 10.1. The minimum atomic E-state index is -3.91. The van der Waals surface area contributed by atoms with Gasteiger partial charge in [0.1, 0.15) is 5.75 Å². The molecule has 1 N–H and O–H groups in total. The number of halogens is 1. The van der Waals surface area contributed by atoms with Gasteiger partial charge in [-0.25, -0.2) is 13.1 Å². The lowest BCUT2D eigenvalue weighted by Crippen LogP contribution is -2.51. The van der Waals surface area contributed by atoms with Crippen molar-refractivity contribution in [2.75, 3.05) is 37.0 Å². The molecule has 2 aromatic carbocycles. The van der Waals surface area contributed by atoms with Crippen LogP contribution >= 0.6 is 11.6 Å². The first-order chi connectivity index (χ1) is 20.2. The molecule has 1 amide bonds. The number of nitrogens with one attached hydrogen (secondary N) is 1. The van der Waals surface area contributed by atoms with Crippen molar-refractivity contribution in [3.63, 3.8) is 0 Å². The molecule has 3 aliphatic heterocycles. The van der Waals surface area contributed by atoms with Crippen molar-refractivity contribution in [1.29, 1.82) is 0 Å². The number of hydrogen-bond acceptors (Lipinski definition) is 7. The molecule has 1 spiro atoms. The van der Waals surface area contributed by atoms with Crippen LogP contribution in [0.25, 0.3) is 0 Å². The third-order valence-corrected chi connectivity index (χ3v) is 11.7. The van der Waals surface area contributed by atoms with Crippen LogP contribution in [0.1, 0.15) is 66.9 Å². The van der Waals surface area contributed by atoms with Crippen molar-refractivity contribution in [3.05, 3.63) is 58.1 Å². The van der Waals surface area contributed by atoms with E-state index >= 15 is 0 Å². The molecule has 2 aliphatic carbocycles. The van der Waals surface area contributed by atoms with Crippen molar-refractivity contribution in [2.45, 2.75) is 75.6 Å². The molecule has 7 rings (SSSR count). The van der Waals surface area contributed by atoms with Crippen LogP contribution in [0.15, 0.2) is 36.4 Å². The van der Waals surface area contributed by atoms with Crippen LogP contribution in [0, 0.1) is 11.8 Å². The van der Waals surface area contributed by atoms with E-state index in [9.17, 15) is 13.2 Å². The lowest BCUT2D eigenvalue weighted by molar-refractivity contribution is -0.126. The zero-order chi connectivity index (χ0) is 29.1. The second kappa shape index (κ2) is 11.0. The first-order valence-corrected chi connectivity index (χ1v) is 17.3. The fraction of sp³-hybridized carbons (Fsp3) is 0.594. The van der Waals surface area contributed by atoms with Gasteiger partial charge >= 0.3 is 0 Å². The summed E-state index contributed by atoms with van der Waals surface area (Å²) in [4.78, 5) is 15.7. The van der Waals surface area contributed by atoms with E-state index in [1.54, 1.807) is 19.1 Å². The summed E-state index contributed by atoms with van der Waals surface area (Å²) in [5.41, 5.74) is 3.48. The van der Waals surface area contributed by atoms with E-state index < -0.39 is 22.0 Å². The van der Waals surface area contributed by atoms with Gasteiger partial charge in [0.25, 0.3) is 5.91 Å². The SMILES string of the molecule is C[C@@H]1CS(=O)(=O)NC(=O)c2ccc3c(c2)N(C[C@@H]2CCC2C2C[C@@H](CCO2)O1)C[C@@]1(CCCc2cc(Cl)ccc21)CO3. The van der Waals surface area contributed by atoms with E-state index in [-0.39, 0.29) is 23.4 Å². The summed E-state index contributed by atoms with van der Waals surface area (Å²) in [7, 11) is -3.91. The van der Waals surface area contributed by atoms with Gasteiger partial charge in [-0.15, -0.1) is 0 Å². The molecule has 10 heteroatoms. The maximum Gasteiger partial charge on any atom is 0.264 e. The molecule has 5 aliphatic rings. The molecule has 1 saturated carbocycles. The Hall–Kier alpha value is -2.33. The fourth-order valence-corrected chi connectivity index (χ4v) is 9.36. The van der Waals surface area contributed by atoms with Gasteiger partial charge in [0.2, 0.25) is 10.0 Å². The van der Waals surface area contributed by atoms with Crippen molar-refractivity contribution in [3.8, 4) is 5.75 Å². The Morgan fingerprint density at radius 1 is 1.12 bits per heavy atom. The summed E-state index contributed by atoms with van der Waals surface area (Å²) in [6, 6.07) is 11.5. The molecule has 2 fully saturated rings. The van der Waals surface area contributed by atoms with E-state index in [0.717, 1.165) is 74.5 Å². The van der Waals surface area contributed by atoms with Gasteiger partial charge in [0.05, 0.1) is 36.4 Å². The number of anilines is 1. The van der Waals surface area contributed by atoms with E-state index in [0.29, 0.717) is 30.6 Å². The maximum absolute atomic E-state index is 13.3. The van der Waals surface area contributed by atoms with Gasteiger partial charge in [-0.1, -0.05) is 17.7 Å². The van der Waals surface area contributed by atoms with Crippen LogP contribution in [-0.2, 0) is 31.3 Å². The number of carbonyl (C=O) groups is 1. The molecule has 2 aromatic rings. The Kier molecular flexibility index (Phi) is 7.44. The summed E-state index contributed by atoms with van der Waals surface area (Å²) >= 11 is 6.41. The highest BCUT2D eigenvalue weighted by Gasteiger charge is 2.45. The number of hydrogen-bond donors (Lipinski definition) is 1. The van der Waals surface area contributed by atoms with Crippen LogP contribution in [0.5, 0.6) is 5.75 Å². The number of fused-ring (bicyclic) bond motifs is 7. The molecular formula is C32H39ClN2O6S. The van der Waals surface area contributed by atoms with Gasteiger partial charge in [-0.2, -0.15) is 0 Å². The molecule has 4 bridgehead atoms. The van der Waals surface area contributed by atoms with Crippen molar-refractivity contribution >= 4 is 33.2 Å². The summed E-state index contributed by atoms with van der Waals surface area (Å²) in [6.07, 6.45) is 6.28. The number of carbonyl (C=O) groups excluding carboxylic acids is 1. The molecule has 1 saturated heterocycles. The predicted molar refractivity (Wildman–Crippen MR) is 161 cm³/mol. The quantitative estimate of drug-likeness (QED) is 0.453. The van der Waals surface area contributed by atoms with Crippen LogP contribution in [0.2, 0.25) is 5.02 Å². The molecule has 2 unspecified atom stereocenters. The van der Waals surface area contributed by atoms with Crippen LogP contribution < -0.4 is 14.4 Å².